The van der Waals surface area contributed by atoms with Crippen molar-refractivity contribution in [2.24, 2.45) is 0 Å². The number of carbonyl (C=O) groups is 1. The van der Waals surface area contributed by atoms with Gasteiger partial charge < -0.3 is 4.74 Å². The molecular weight excluding hydrogens is 346 g/mol. The first-order valence-electron chi connectivity index (χ1n) is 8.50. The molecule has 0 saturated heterocycles. The molecule has 0 saturated carbocycles. The van der Waals surface area contributed by atoms with E-state index in [4.69, 9.17) is 4.74 Å². The lowest BCUT2D eigenvalue weighted by Gasteiger charge is -2.19. The quantitative estimate of drug-likeness (QED) is 0.640. The molecule has 134 valence electrons. The zero-order valence-corrected chi connectivity index (χ0v) is 15.9. The first kappa shape index (κ1) is 18.1. The minimum absolute atomic E-state index is 0.128. The Labute approximate surface area is 157 Å². The van der Waals surface area contributed by atoms with E-state index in [0.29, 0.717) is 23.0 Å². The molecule has 3 aromatic rings. The Hall–Kier alpha value is -2.73. The second-order valence-electron chi connectivity index (χ2n) is 5.86. The van der Waals surface area contributed by atoms with E-state index >= 15 is 0 Å². The van der Waals surface area contributed by atoms with Gasteiger partial charge in [0.15, 0.2) is 0 Å². The normalized spacial score (nSPS) is 10.6. The van der Waals surface area contributed by atoms with Crippen molar-refractivity contribution in [3.63, 3.8) is 0 Å². The highest BCUT2D eigenvalue weighted by atomic mass is 32.1. The predicted molar refractivity (Wildman–Crippen MR) is 105 cm³/mol. The van der Waals surface area contributed by atoms with E-state index in [2.05, 4.69) is 10.2 Å². The van der Waals surface area contributed by atoms with E-state index in [1.54, 1.807) is 24.1 Å². The van der Waals surface area contributed by atoms with Crippen molar-refractivity contribution >= 4 is 22.4 Å². The molecular formula is C20H21N3O2S. The van der Waals surface area contributed by atoms with Gasteiger partial charge in [-0.05, 0) is 31.0 Å². The standard InChI is InChI=1S/C20H21N3O2S/c1-4-13-23(19(24)16-11-7-8-12-17(16)25-3)20-22-21-18(26-20)15-10-6-5-9-14(15)2/h5-12H,4,13H2,1-3H3. The van der Waals surface area contributed by atoms with Crippen molar-refractivity contribution in [2.45, 2.75) is 20.3 Å². The van der Waals surface area contributed by atoms with Gasteiger partial charge in [-0.3, -0.25) is 9.69 Å². The maximum absolute atomic E-state index is 13.1. The molecule has 0 spiro atoms. The van der Waals surface area contributed by atoms with E-state index in [9.17, 15) is 4.79 Å². The lowest BCUT2D eigenvalue weighted by atomic mass is 10.1. The van der Waals surface area contributed by atoms with Gasteiger partial charge in [0.1, 0.15) is 10.8 Å². The maximum Gasteiger partial charge on any atom is 0.263 e. The summed E-state index contributed by atoms with van der Waals surface area (Å²) in [4.78, 5) is 14.8. The third kappa shape index (κ3) is 3.60. The molecule has 3 rings (SSSR count). The molecule has 5 nitrogen and oxygen atoms in total. The number of rotatable bonds is 6. The number of amides is 1. The maximum atomic E-state index is 13.1. The molecule has 0 N–H and O–H groups in total. The predicted octanol–water partition coefficient (Wildman–Crippen LogP) is 4.58. The number of aryl methyl sites for hydroxylation is 1. The van der Waals surface area contributed by atoms with E-state index in [1.807, 2.05) is 50.2 Å². The number of hydrogen-bond acceptors (Lipinski definition) is 5. The summed E-state index contributed by atoms with van der Waals surface area (Å²) in [6.07, 6.45) is 0.820. The molecule has 0 radical (unpaired) electrons. The Balaban J connectivity index is 1.96. The van der Waals surface area contributed by atoms with Gasteiger partial charge in [0.2, 0.25) is 5.13 Å². The molecule has 6 heteroatoms. The second kappa shape index (κ2) is 8.10. The van der Waals surface area contributed by atoms with Crippen molar-refractivity contribution in [3.05, 3.63) is 59.7 Å². The van der Waals surface area contributed by atoms with Gasteiger partial charge in [-0.2, -0.15) is 0 Å². The van der Waals surface area contributed by atoms with Crippen LogP contribution >= 0.6 is 11.3 Å². The van der Waals surface area contributed by atoms with Crippen molar-refractivity contribution in [2.75, 3.05) is 18.6 Å². The number of hydrogen-bond donors (Lipinski definition) is 0. The molecule has 0 unspecified atom stereocenters. The lowest BCUT2D eigenvalue weighted by molar-refractivity contribution is 0.0984. The van der Waals surface area contributed by atoms with Crippen LogP contribution in [0.3, 0.4) is 0 Å². The molecule has 1 aromatic heterocycles. The van der Waals surface area contributed by atoms with Gasteiger partial charge >= 0.3 is 0 Å². The summed E-state index contributed by atoms with van der Waals surface area (Å²) in [6, 6.07) is 15.3. The van der Waals surface area contributed by atoms with Crippen molar-refractivity contribution in [1.82, 2.24) is 10.2 Å². The Morgan fingerprint density at radius 1 is 1.12 bits per heavy atom. The van der Waals surface area contributed by atoms with Crippen LogP contribution in [0.25, 0.3) is 10.6 Å². The van der Waals surface area contributed by atoms with E-state index < -0.39 is 0 Å². The minimum atomic E-state index is -0.128. The molecule has 1 amide bonds. The van der Waals surface area contributed by atoms with Crippen LogP contribution in [0.15, 0.2) is 48.5 Å². The van der Waals surface area contributed by atoms with E-state index in [1.165, 1.54) is 11.3 Å². The number of para-hydroxylation sites is 1. The van der Waals surface area contributed by atoms with Gasteiger partial charge in [-0.25, -0.2) is 0 Å². The fourth-order valence-corrected chi connectivity index (χ4v) is 3.68. The van der Waals surface area contributed by atoms with Crippen LogP contribution in [0.1, 0.15) is 29.3 Å². The smallest absolute Gasteiger partial charge is 0.263 e. The lowest BCUT2D eigenvalue weighted by Crippen LogP contribution is -2.31. The average Bonchev–Trinajstić information content (AvgIpc) is 3.15. The van der Waals surface area contributed by atoms with Gasteiger partial charge in [0.05, 0.1) is 12.7 Å². The van der Waals surface area contributed by atoms with E-state index in [-0.39, 0.29) is 5.91 Å². The van der Waals surface area contributed by atoms with Crippen LogP contribution in [0, 0.1) is 6.92 Å². The highest BCUT2D eigenvalue weighted by Crippen LogP contribution is 2.32. The molecule has 0 aliphatic heterocycles. The van der Waals surface area contributed by atoms with Crippen LogP contribution < -0.4 is 9.64 Å². The molecule has 0 fully saturated rings. The molecule has 1 heterocycles. The monoisotopic (exact) mass is 367 g/mol. The first-order valence-corrected chi connectivity index (χ1v) is 9.31. The van der Waals surface area contributed by atoms with Crippen LogP contribution in [0.4, 0.5) is 5.13 Å². The highest BCUT2D eigenvalue weighted by molar-refractivity contribution is 7.18. The molecule has 0 atom stereocenters. The molecule has 0 bridgehead atoms. The van der Waals surface area contributed by atoms with Crippen molar-refractivity contribution < 1.29 is 9.53 Å². The van der Waals surface area contributed by atoms with Crippen molar-refractivity contribution in [3.8, 4) is 16.3 Å². The molecule has 0 aliphatic carbocycles. The number of anilines is 1. The van der Waals surface area contributed by atoms with Crippen LogP contribution in [0.5, 0.6) is 5.75 Å². The van der Waals surface area contributed by atoms with Crippen LogP contribution in [-0.4, -0.2) is 29.8 Å². The Morgan fingerprint density at radius 2 is 1.85 bits per heavy atom. The Morgan fingerprint density at radius 3 is 2.58 bits per heavy atom. The summed E-state index contributed by atoms with van der Waals surface area (Å²) in [7, 11) is 1.57. The summed E-state index contributed by atoms with van der Waals surface area (Å²) >= 11 is 1.43. The summed E-state index contributed by atoms with van der Waals surface area (Å²) in [5, 5.41) is 10.0. The number of ether oxygens (including phenoxy) is 1. The highest BCUT2D eigenvalue weighted by Gasteiger charge is 2.24. The summed E-state index contributed by atoms with van der Waals surface area (Å²) in [5.41, 5.74) is 2.70. The SMILES string of the molecule is CCCN(C(=O)c1ccccc1OC)c1nnc(-c2ccccc2C)s1. The second-order valence-corrected chi connectivity index (χ2v) is 6.82. The number of nitrogens with zero attached hydrogens (tertiary/aromatic N) is 3. The summed E-state index contributed by atoms with van der Waals surface area (Å²) in [5.74, 6) is 0.430. The van der Waals surface area contributed by atoms with Crippen molar-refractivity contribution in [1.29, 1.82) is 0 Å². The number of benzene rings is 2. The summed E-state index contributed by atoms with van der Waals surface area (Å²) in [6.45, 7) is 4.64. The number of methoxy groups -OCH3 is 1. The zero-order chi connectivity index (χ0) is 18.5. The minimum Gasteiger partial charge on any atom is -0.496 e. The fourth-order valence-electron chi connectivity index (χ4n) is 2.72. The van der Waals surface area contributed by atoms with Crippen LogP contribution in [-0.2, 0) is 0 Å². The van der Waals surface area contributed by atoms with Gasteiger partial charge in [0.25, 0.3) is 5.91 Å². The van der Waals surface area contributed by atoms with Crippen LogP contribution in [0.2, 0.25) is 0 Å². The molecule has 2 aromatic carbocycles. The fraction of sp³-hybridized carbons (Fsp3) is 0.250. The van der Waals surface area contributed by atoms with Gasteiger partial charge in [-0.15, -0.1) is 10.2 Å². The first-order chi connectivity index (χ1) is 12.7. The average molecular weight is 367 g/mol. The Bertz CT molecular complexity index is 907. The third-order valence-electron chi connectivity index (χ3n) is 4.05. The Kier molecular flexibility index (Phi) is 5.63. The van der Waals surface area contributed by atoms with Gasteiger partial charge in [-0.1, -0.05) is 54.7 Å². The van der Waals surface area contributed by atoms with Gasteiger partial charge in [0, 0.05) is 12.1 Å². The number of carbonyl (C=O) groups excluding carboxylic acids is 1. The topological polar surface area (TPSA) is 55.3 Å². The molecule has 0 aliphatic rings. The third-order valence-corrected chi connectivity index (χ3v) is 5.03. The largest absolute Gasteiger partial charge is 0.496 e. The summed E-state index contributed by atoms with van der Waals surface area (Å²) < 4.78 is 5.34. The number of aromatic nitrogens is 2. The zero-order valence-electron chi connectivity index (χ0n) is 15.1. The van der Waals surface area contributed by atoms with E-state index in [0.717, 1.165) is 22.6 Å². The molecule has 26 heavy (non-hydrogen) atoms.